The van der Waals surface area contributed by atoms with E-state index in [0.717, 1.165) is 18.7 Å². The predicted octanol–water partition coefficient (Wildman–Crippen LogP) is 3.11. The average molecular weight is 518 g/mol. The van der Waals surface area contributed by atoms with Crippen molar-refractivity contribution in [3.63, 3.8) is 0 Å². The van der Waals surface area contributed by atoms with Crippen LogP contribution in [0, 0.1) is 13.8 Å². The Morgan fingerprint density at radius 2 is 2.03 bits per heavy atom. The van der Waals surface area contributed by atoms with Gasteiger partial charge in [0.25, 0.3) is 5.91 Å². The Bertz CT molecular complexity index is 1340. The zero-order valence-electron chi connectivity index (χ0n) is 20.5. The van der Waals surface area contributed by atoms with Gasteiger partial charge in [0.1, 0.15) is 11.7 Å². The van der Waals surface area contributed by atoms with Crippen molar-refractivity contribution in [2.24, 2.45) is 0 Å². The number of hydrogen-bond acceptors (Lipinski definition) is 9. The summed E-state index contributed by atoms with van der Waals surface area (Å²) in [6, 6.07) is 0.927. The van der Waals surface area contributed by atoms with Crippen molar-refractivity contribution in [1.82, 2.24) is 30.2 Å². The monoisotopic (exact) mass is 518 g/mol. The van der Waals surface area contributed by atoms with Crippen LogP contribution < -0.4 is 14.8 Å². The number of pyridine rings is 1. The second-order valence-corrected chi connectivity index (χ2v) is 8.91. The molecule has 1 fully saturated rings. The number of hydrogen-bond donors (Lipinski definition) is 1. The third-order valence-corrected chi connectivity index (χ3v) is 6.31. The van der Waals surface area contributed by atoms with Gasteiger partial charge in [-0.2, -0.15) is 18.2 Å². The van der Waals surface area contributed by atoms with Crippen molar-refractivity contribution in [1.29, 1.82) is 0 Å². The van der Waals surface area contributed by atoms with Crippen molar-refractivity contribution in [2.45, 2.75) is 45.5 Å². The number of aromatic nitrogens is 4. The van der Waals surface area contributed by atoms with Crippen molar-refractivity contribution in [3.8, 4) is 23.1 Å². The average Bonchev–Trinajstić information content (AvgIpc) is 3.48. The van der Waals surface area contributed by atoms with Gasteiger partial charge in [-0.15, -0.1) is 0 Å². The van der Waals surface area contributed by atoms with Gasteiger partial charge < -0.3 is 24.1 Å². The zero-order valence-corrected chi connectivity index (χ0v) is 20.5. The first-order valence-electron chi connectivity index (χ1n) is 11.8. The van der Waals surface area contributed by atoms with Crippen molar-refractivity contribution >= 4 is 5.91 Å². The number of halogens is 3. The van der Waals surface area contributed by atoms with Gasteiger partial charge in [-0.25, -0.2) is 15.0 Å². The smallest absolute Gasteiger partial charge is 0.421 e. The summed E-state index contributed by atoms with van der Waals surface area (Å²) < 4.78 is 57.2. The topological polar surface area (TPSA) is 116 Å². The number of nitrogens with one attached hydrogen (secondary N) is 1. The highest BCUT2D eigenvalue weighted by Crippen LogP contribution is 2.37. The molecule has 0 spiro atoms. The molecule has 0 bridgehead atoms. The quantitative estimate of drug-likeness (QED) is 0.544. The highest BCUT2D eigenvalue weighted by molar-refractivity contribution is 5.92. The Morgan fingerprint density at radius 3 is 2.73 bits per heavy atom. The molecule has 3 aromatic heterocycles. The molecule has 13 heteroatoms. The number of alkyl halides is 3. The molecule has 2 aliphatic heterocycles. The molecule has 1 amide bonds. The lowest BCUT2D eigenvalue weighted by atomic mass is 10.1. The fraction of sp³-hybridized carbons (Fsp3) is 0.458. The third kappa shape index (κ3) is 4.95. The minimum Gasteiger partial charge on any atom is -0.481 e. The number of aryl methyl sites for hydroxylation is 2. The van der Waals surface area contributed by atoms with Gasteiger partial charge in [-0.1, -0.05) is 0 Å². The highest BCUT2D eigenvalue weighted by Gasteiger charge is 2.36. The summed E-state index contributed by atoms with van der Waals surface area (Å²) in [5, 5.41) is 3.25. The Morgan fingerprint density at radius 1 is 1.22 bits per heavy atom. The first-order valence-corrected chi connectivity index (χ1v) is 11.8. The van der Waals surface area contributed by atoms with Gasteiger partial charge in [-0.3, -0.25) is 4.79 Å². The Balaban J connectivity index is 1.42. The lowest BCUT2D eigenvalue weighted by Crippen LogP contribution is -2.32. The third-order valence-electron chi connectivity index (χ3n) is 6.31. The van der Waals surface area contributed by atoms with Gasteiger partial charge in [0.15, 0.2) is 11.7 Å². The zero-order chi connectivity index (χ0) is 26.3. The fourth-order valence-electron chi connectivity index (χ4n) is 4.52. The molecule has 1 saturated heterocycles. The van der Waals surface area contributed by atoms with Crippen LogP contribution in [0.15, 0.2) is 16.7 Å². The molecular formula is C24H25F3N6O4. The van der Waals surface area contributed by atoms with E-state index in [-0.39, 0.29) is 35.0 Å². The van der Waals surface area contributed by atoms with Gasteiger partial charge in [0.2, 0.25) is 17.5 Å². The molecule has 0 radical (unpaired) electrons. The van der Waals surface area contributed by atoms with Gasteiger partial charge in [-0.05, 0) is 13.0 Å². The Labute approximate surface area is 210 Å². The van der Waals surface area contributed by atoms with Crippen LogP contribution in [0.1, 0.15) is 45.4 Å². The number of oxazole rings is 1. The maximum atomic E-state index is 13.6. The van der Waals surface area contributed by atoms with E-state index in [4.69, 9.17) is 13.9 Å². The van der Waals surface area contributed by atoms with Crippen molar-refractivity contribution in [3.05, 3.63) is 46.4 Å². The predicted molar refractivity (Wildman–Crippen MR) is 123 cm³/mol. The summed E-state index contributed by atoms with van der Waals surface area (Å²) in [5.41, 5.74) is 1.05. The highest BCUT2D eigenvalue weighted by atomic mass is 19.4. The molecule has 1 N–H and O–H groups in total. The number of rotatable bonds is 5. The summed E-state index contributed by atoms with van der Waals surface area (Å²) in [6.07, 6.45) is -2.65. The molecule has 10 nitrogen and oxygen atoms in total. The lowest BCUT2D eigenvalue weighted by Gasteiger charge is -2.22. The first kappa shape index (κ1) is 24.9. The van der Waals surface area contributed by atoms with Crippen LogP contribution in [0.5, 0.6) is 11.8 Å². The number of ether oxygens (including phenoxy) is 2. The summed E-state index contributed by atoms with van der Waals surface area (Å²) in [7, 11) is 1.13. The van der Waals surface area contributed by atoms with Crippen LogP contribution >= 0.6 is 0 Å². The number of fused-ring (bicyclic) bond motifs is 1. The minimum absolute atomic E-state index is 0.0787. The van der Waals surface area contributed by atoms with E-state index in [2.05, 4.69) is 25.3 Å². The van der Waals surface area contributed by atoms with E-state index in [9.17, 15) is 18.0 Å². The standard InChI is InChI=1S/C24H25F3N6O4/c1-12-19(36-13(2)30-12)23(34)33-7-5-15(11-33)37-21-16-10-28-6-4-18(16)31-20(32-21)14-8-17(24(25,26)27)22(35-3)29-9-14/h8-9,15,28H,4-7,10-11H2,1-3H3/t15-/m0/s1. The van der Waals surface area contributed by atoms with Gasteiger partial charge in [0.05, 0.1) is 25.0 Å². The summed E-state index contributed by atoms with van der Waals surface area (Å²) >= 11 is 0. The van der Waals surface area contributed by atoms with Crippen LogP contribution in [0.25, 0.3) is 11.4 Å². The van der Waals surface area contributed by atoms with Crippen molar-refractivity contribution < 1.29 is 31.9 Å². The molecule has 1 atom stereocenters. The molecule has 2 aliphatic rings. The second-order valence-electron chi connectivity index (χ2n) is 8.91. The molecule has 0 aliphatic carbocycles. The lowest BCUT2D eigenvalue weighted by molar-refractivity contribution is -0.139. The van der Waals surface area contributed by atoms with E-state index in [1.165, 1.54) is 6.20 Å². The van der Waals surface area contributed by atoms with Crippen LogP contribution in [0.4, 0.5) is 13.2 Å². The number of methoxy groups -OCH3 is 1. The van der Waals surface area contributed by atoms with Crippen LogP contribution in [-0.2, 0) is 19.1 Å². The summed E-state index contributed by atoms with van der Waals surface area (Å²) in [6.45, 7) is 5.29. The van der Waals surface area contributed by atoms with Crippen LogP contribution in [-0.4, -0.2) is 63.6 Å². The van der Waals surface area contributed by atoms with Crippen molar-refractivity contribution in [2.75, 3.05) is 26.7 Å². The molecule has 196 valence electrons. The van der Waals surface area contributed by atoms with E-state index in [1.807, 2.05) is 0 Å². The molecule has 0 aromatic carbocycles. The van der Waals surface area contributed by atoms with E-state index in [0.29, 0.717) is 56.3 Å². The maximum absolute atomic E-state index is 13.6. The number of nitrogens with zero attached hydrogens (tertiary/aromatic N) is 5. The number of carbonyl (C=O) groups is 1. The second kappa shape index (κ2) is 9.61. The molecule has 5 heterocycles. The fourth-order valence-corrected chi connectivity index (χ4v) is 4.52. The molecule has 3 aromatic rings. The largest absolute Gasteiger partial charge is 0.481 e. The van der Waals surface area contributed by atoms with Crippen LogP contribution in [0.3, 0.4) is 0 Å². The van der Waals surface area contributed by atoms with Crippen LogP contribution in [0.2, 0.25) is 0 Å². The summed E-state index contributed by atoms with van der Waals surface area (Å²) in [4.78, 5) is 31.5. The van der Waals surface area contributed by atoms with Gasteiger partial charge in [0, 0.05) is 56.7 Å². The number of amides is 1. The Hall–Kier alpha value is -3.74. The van der Waals surface area contributed by atoms with Gasteiger partial charge >= 0.3 is 6.18 Å². The van der Waals surface area contributed by atoms with E-state index in [1.54, 1.807) is 18.7 Å². The Kier molecular flexibility index (Phi) is 6.48. The first-order chi connectivity index (χ1) is 17.6. The van der Waals surface area contributed by atoms with E-state index >= 15 is 0 Å². The minimum atomic E-state index is -4.66. The van der Waals surface area contributed by atoms with E-state index < -0.39 is 17.6 Å². The molecule has 0 unspecified atom stereocenters. The molecule has 37 heavy (non-hydrogen) atoms. The number of carbonyl (C=O) groups excluding carboxylic acids is 1. The normalized spacial score (nSPS) is 17.6. The molecule has 5 rings (SSSR count). The SMILES string of the molecule is COc1ncc(-c2nc3c(c(O[C@H]4CCN(C(=O)c5oc(C)nc5C)C4)n2)CNCC3)cc1C(F)(F)F. The molecular weight excluding hydrogens is 493 g/mol. The maximum Gasteiger partial charge on any atom is 0.421 e. The number of likely N-dealkylation sites (tertiary alicyclic amines) is 1. The summed E-state index contributed by atoms with van der Waals surface area (Å²) in [5.74, 6) is 0.194. The molecule has 0 saturated carbocycles.